The maximum absolute atomic E-state index is 13.9. The summed E-state index contributed by atoms with van der Waals surface area (Å²) in [6, 6.07) is 9.91. The molecule has 37 heavy (non-hydrogen) atoms. The van der Waals surface area contributed by atoms with Crippen LogP contribution >= 0.6 is 23.4 Å². The largest absolute Gasteiger partial charge is 0.350 e. The lowest BCUT2D eigenvalue weighted by atomic mass is 10.0. The summed E-state index contributed by atoms with van der Waals surface area (Å²) in [5.74, 6) is -1.44. The van der Waals surface area contributed by atoms with Crippen LogP contribution in [0.15, 0.2) is 52.3 Å². The summed E-state index contributed by atoms with van der Waals surface area (Å²) in [4.78, 5) is 38.6. The molecule has 0 saturated carbocycles. The molecule has 2 saturated heterocycles. The maximum atomic E-state index is 13.9. The third kappa shape index (κ3) is 6.06. The van der Waals surface area contributed by atoms with Crippen molar-refractivity contribution in [2.24, 2.45) is 5.92 Å². The lowest BCUT2D eigenvalue weighted by Gasteiger charge is -2.30. The van der Waals surface area contributed by atoms with Gasteiger partial charge in [0.25, 0.3) is 17.1 Å². The number of benzene rings is 2. The van der Waals surface area contributed by atoms with Crippen molar-refractivity contribution in [2.75, 3.05) is 26.2 Å². The normalized spacial score (nSPS) is 20.0. The van der Waals surface area contributed by atoms with Crippen LogP contribution in [0.5, 0.6) is 0 Å². The summed E-state index contributed by atoms with van der Waals surface area (Å²) < 4.78 is 41.6. The number of rotatable bonds is 7. The molecule has 3 amide bonds. The fraction of sp³-hybridized carbons (Fsp3) is 0.320. The zero-order valence-electron chi connectivity index (χ0n) is 19.9. The molecule has 0 unspecified atom stereocenters. The van der Waals surface area contributed by atoms with E-state index in [-0.39, 0.29) is 45.0 Å². The van der Waals surface area contributed by atoms with Crippen LogP contribution in [0.4, 0.5) is 9.18 Å². The second-order valence-corrected chi connectivity index (χ2v) is 12.2. The molecule has 2 heterocycles. The van der Waals surface area contributed by atoms with Gasteiger partial charge in [-0.1, -0.05) is 36.7 Å². The predicted molar refractivity (Wildman–Crippen MR) is 140 cm³/mol. The Labute approximate surface area is 223 Å². The van der Waals surface area contributed by atoms with Gasteiger partial charge in [0.15, 0.2) is 0 Å². The Balaban J connectivity index is 1.40. The van der Waals surface area contributed by atoms with Gasteiger partial charge in [0.1, 0.15) is 10.7 Å². The van der Waals surface area contributed by atoms with Gasteiger partial charge in [0, 0.05) is 37.3 Å². The maximum Gasteiger partial charge on any atom is 0.293 e. The molecule has 2 fully saturated rings. The van der Waals surface area contributed by atoms with Crippen LogP contribution in [0.1, 0.15) is 35.7 Å². The number of hydrogen-bond donors (Lipinski definition) is 1. The van der Waals surface area contributed by atoms with Crippen molar-refractivity contribution in [3.05, 3.63) is 69.3 Å². The van der Waals surface area contributed by atoms with E-state index in [1.54, 1.807) is 6.07 Å². The average molecular weight is 566 g/mol. The third-order valence-electron chi connectivity index (χ3n) is 6.12. The van der Waals surface area contributed by atoms with Gasteiger partial charge in [-0.2, -0.15) is 4.31 Å². The number of piperidine rings is 1. The Morgan fingerprint density at radius 3 is 2.73 bits per heavy atom. The highest BCUT2D eigenvalue weighted by Crippen LogP contribution is 2.32. The molecule has 0 aliphatic carbocycles. The van der Waals surface area contributed by atoms with Gasteiger partial charge in [0.05, 0.1) is 9.93 Å². The number of nitrogens with one attached hydrogen (secondary N) is 1. The number of hydrogen-bond acceptors (Lipinski definition) is 6. The molecule has 2 aromatic carbocycles. The molecular weight excluding hydrogens is 541 g/mol. The minimum atomic E-state index is -3.88. The SMILES string of the molecule is C[C@@H]1CCCN(S(=O)(=O)c2cc(C(=O)NCCN3C(=O)S/C(=C\c4ccccc4F)C3=O)ccc2Cl)C1. The van der Waals surface area contributed by atoms with Gasteiger partial charge in [-0.15, -0.1) is 0 Å². The van der Waals surface area contributed by atoms with Crippen molar-refractivity contribution in [3.8, 4) is 0 Å². The number of amides is 3. The Bertz CT molecular complexity index is 1380. The molecule has 2 aliphatic rings. The summed E-state index contributed by atoms with van der Waals surface area (Å²) in [6.07, 6.45) is 3.02. The molecule has 1 N–H and O–H groups in total. The van der Waals surface area contributed by atoms with E-state index < -0.39 is 32.9 Å². The molecule has 0 aromatic heterocycles. The zero-order chi connectivity index (χ0) is 26.7. The third-order valence-corrected chi connectivity index (χ3v) is 9.37. The first-order valence-corrected chi connectivity index (χ1v) is 14.3. The van der Waals surface area contributed by atoms with E-state index in [4.69, 9.17) is 11.6 Å². The Hall–Kier alpha value is -2.73. The van der Waals surface area contributed by atoms with E-state index in [1.165, 1.54) is 46.8 Å². The smallest absolute Gasteiger partial charge is 0.293 e. The van der Waals surface area contributed by atoms with Crippen molar-refractivity contribution in [1.29, 1.82) is 0 Å². The van der Waals surface area contributed by atoms with Crippen LogP contribution in [-0.4, -0.2) is 60.9 Å². The highest BCUT2D eigenvalue weighted by Gasteiger charge is 2.35. The molecule has 2 aromatic rings. The van der Waals surface area contributed by atoms with E-state index in [0.29, 0.717) is 24.9 Å². The molecule has 8 nitrogen and oxygen atoms in total. The number of sulfonamides is 1. The predicted octanol–water partition coefficient (Wildman–Crippen LogP) is 4.37. The summed E-state index contributed by atoms with van der Waals surface area (Å²) >= 11 is 6.89. The van der Waals surface area contributed by atoms with E-state index in [2.05, 4.69) is 5.32 Å². The standard InChI is InChI=1S/C25H25ClFN3O5S2/c1-16-5-4-11-29(15-16)37(34,35)22-14-18(8-9-19(22)26)23(31)28-10-12-30-24(32)21(36-25(30)33)13-17-6-2-3-7-20(17)27/h2-3,6-9,13-14,16H,4-5,10-12,15H2,1H3,(H,28,31)/b21-13-/t16-/m1/s1. The number of carbonyl (C=O) groups excluding carboxylic acids is 3. The molecule has 2 aliphatic heterocycles. The first-order valence-electron chi connectivity index (χ1n) is 11.7. The lowest BCUT2D eigenvalue weighted by Crippen LogP contribution is -2.39. The number of carbonyl (C=O) groups is 3. The Kier molecular flexibility index (Phi) is 8.37. The summed E-state index contributed by atoms with van der Waals surface area (Å²) in [6.45, 7) is 2.61. The van der Waals surface area contributed by atoms with Crippen LogP contribution in [0, 0.1) is 11.7 Å². The molecule has 0 bridgehead atoms. The van der Waals surface area contributed by atoms with Crippen LogP contribution in [0.25, 0.3) is 6.08 Å². The monoisotopic (exact) mass is 565 g/mol. The number of thioether (sulfide) groups is 1. The van der Waals surface area contributed by atoms with Crippen molar-refractivity contribution >= 4 is 56.5 Å². The fourth-order valence-corrected chi connectivity index (χ4v) is 7.11. The fourth-order valence-electron chi connectivity index (χ4n) is 4.16. The van der Waals surface area contributed by atoms with Gasteiger partial charge in [-0.3, -0.25) is 19.3 Å². The van der Waals surface area contributed by atoms with Crippen molar-refractivity contribution < 1.29 is 27.2 Å². The molecule has 0 radical (unpaired) electrons. The van der Waals surface area contributed by atoms with Crippen LogP contribution in [0.2, 0.25) is 5.02 Å². The molecule has 12 heteroatoms. The highest BCUT2D eigenvalue weighted by molar-refractivity contribution is 8.18. The minimum Gasteiger partial charge on any atom is -0.350 e. The summed E-state index contributed by atoms with van der Waals surface area (Å²) in [5, 5.41) is 2.09. The summed E-state index contributed by atoms with van der Waals surface area (Å²) in [7, 11) is -3.88. The number of imide groups is 1. The minimum absolute atomic E-state index is 0.0224. The molecule has 196 valence electrons. The van der Waals surface area contributed by atoms with Gasteiger partial charge in [0.2, 0.25) is 10.0 Å². The van der Waals surface area contributed by atoms with Crippen molar-refractivity contribution in [3.63, 3.8) is 0 Å². The molecule has 0 spiro atoms. The van der Waals surface area contributed by atoms with Crippen LogP contribution in [0.3, 0.4) is 0 Å². The van der Waals surface area contributed by atoms with Gasteiger partial charge in [-0.25, -0.2) is 12.8 Å². The number of halogens is 2. The van der Waals surface area contributed by atoms with E-state index >= 15 is 0 Å². The molecule has 4 rings (SSSR count). The van der Waals surface area contributed by atoms with E-state index in [1.807, 2.05) is 6.92 Å². The first kappa shape index (κ1) is 27.3. The molecule has 1 atom stereocenters. The van der Waals surface area contributed by atoms with Crippen LogP contribution < -0.4 is 5.32 Å². The van der Waals surface area contributed by atoms with E-state index in [9.17, 15) is 27.2 Å². The van der Waals surface area contributed by atoms with Crippen molar-refractivity contribution in [2.45, 2.75) is 24.7 Å². The van der Waals surface area contributed by atoms with Gasteiger partial charge < -0.3 is 5.32 Å². The average Bonchev–Trinajstić information content (AvgIpc) is 3.12. The second-order valence-electron chi connectivity index (χ2n) is 8.87. The second kappa shape index (κ2) is 11.3. The lowest BCUT2D eigenvalue weighted by molar-refractivity contribution is -0.122. The van der Waals surface area contributed by atoms with E-state index in [0.717, 1.165) is 17.7 Å². The molecular formula is C25H25ClFN3O5S2. The Morgan fingerprint density at radius 2 is 2.00 bits per heavy atom. The Morgan fingerprint density at radius 1 is 1.24 bits per heavy atom. The summed E-state index contributed by atoms with van der Waals surface area (Å²) in [5.41, 5.74) is 0.274. The number of nitrogens with zero attached hydrogens (tertiary/aromatic N) is 2. The quantitative estimate of drug-likeness (QED) is 0.500. The van der Waals surface area contributed by atoms with Crippen LogP contribution in [-0.2, 0) is 14.8 Å². The highest BCUT2D eigenvalue weighted by atomic mass is 35.5. The van der Waals surface area contributed by atoms with Gasteiger partial charge >= 0.3 is 0 Å². The topological polar surface area (TPSA) is 104 Å². The first-order chi connectivity index (χ1) is 17.6. The van der Waals surface area contributed by atoms with Crippen molar-refractivity contribution in [1.82, 2.24) is 14.5 Å². The zero-order valence-corrected chi connectivity index (χ0v) is 22.3. The van der Waals surface area contributed by atoms with Gasteiger partial charge in [-0.05, 0) is 60.9 Å².